The molecule has 0 amide bonds. The predicted molar refractivity (Wildman–Crippen MR) is 77.1 cm³/mol. The van der Waals surface area contributed by atoms with E-state index in [0.29, 0.717) is 5.25 Å². The third-order valence-corrected chi connectivity index (χ3v) is 3.68. The Morgan fingerprint density at radius 2 is 2.11 bits per heavy atom. The van der Waals surface area contributed by atoms with Crippen molar-refractivity contribution in [2.24, 2.45) is 0 Å². The third-order valence-electron chi connectivity index (χ3n) is 2.46. The van der Waals surface area contributed by atoms with Gasteiger partial charge < -0.3 is 4.57 Å². The third kappa shape index (κ3) is 2.87. The molecule has 1 aromatic heterocycles. The lowest BCUT2D eigenvalue weighted by atomic mass is 10.2. The van der Waals surface area contributed by atoms with E-state index >= 15 is 0 Å². The molecular formula is C13H16ClN3S. The number of benzene rings is 1. The van der Waals surface area contributed by atoms with Crippen LogP contribution in [0.15, 0.2) is 29.4 Å². The van der Waals surface area contributed by atoms with Crippen molar-refractivity contribution in [3.63, 3.8) is 0 Å². The monoisotopic (exact) mass is 281 g/mol. The van der Waals surface area contributed by atoms with Crippen LogP contribution in [0.2, 0.25) is 5.02 Å². The fraction of sp³-hybridized carbons (Fsp3) is 0.385. The van der Waals surface area contributed by atoms with Gasteiger partial charge in [-0.15, -0.1) is 10.2 Å². The quantitative estimate of drug-likeness (QED) is 0.790. The molecular weight excluding hydrogens is 266 g/mol. The maximum absolute atomic E-state index is 6.02. The van der Waals surface area contributed by atoms with Gasteiger partial charge in [0.2, 0.25) is 0 Å². The summed E-state index contributed by atoms with van der Waals surface area (Å²) >= 11 is 7.74. The molecule has 96 valence electrons. The molecule has 0 radical (unpaired) electrons. The van der Waals surface area contributed by atoms with Crippen LogP contribution < -0.4 is 0 Å². The summed E-state index contributed by atoms with van der Waals surface area (Å²) in [5.41, 5.74) is 1.01. The molecule has 0 bridgehead atoms. The number of thioether (sulfide) groups is 1. The maximum atomic E-state index is 6.02. The van der Waals surface area contributed by atoms with E-state index < -0.39 is 0 Å². The Morgan fingerprint density at radius 1 is 1.33 bits per heavy atom. The van der Waals surface area contributed by atoms with E-state index in [2.05, 4.69) is 35.5 Å². The van der Waals surface area contributed by atoms with Crippen molar-refractivity contribution >= 4 is 23.4 Å². The maximum Gasteiger partial charge on any atom is 0.191 e. The van der Waals surface area contributed by atoms with Gasteiger partial charge in [-0.05, 0) is 19.1 Å². The average molecular weight is 282 g/mol. The Balaban J connectivity index is 2.42. The van der Waals surface area contributed by atoms with Gasteiger partial charge in [-0.2, -0.15) is 0 Å². The highest BCUT2D eigenvalue weighted by atomic mass is 35.5. The van der Waals surface area contributed by atoms with E-state index in [1.54, 1.807) is 11.8 Å². The number of aromatic nitrogens is 3. The van der Waals surface area contributed by atoms with Crippen molar-refractivity contribution in [2.45, 2.75) is 37.7 Å². The van der Waals surface area contributed by atoms with Crippen LogP contribution in [0, 0.1) is 0 Å². The molecule has 1 aromatic carbocycles. The van der Waals surface area contributed by atoms with Crippen LogP contribution in [0.5, 0.6) is 0 Å². The molecule has 5 heteroatoms. The van der Waals surface area contributed by atoms with Gasteiger partial charge in [0.25, 0.3) is 0 Å². The van der Waals surface area contributed by atoms with Crippen molar-refractivity contribution in [1.29, 1.82) is 0 Å². The van der Waals surface area contributed by atoms with Crippen LogP contribution in [0.25, 0.3) is 11.4 Å². The zero-order valence-corrected chi connectivity index (χ0v) is 12.3. The topological polar surface area (TPSA) is 30.7 Å². The van der Waals surface area contributed by atoms with Crippen molar-refractivity contribution in [2.75, 3.05) is 0 Å². The lowest BCUT2D eigenvalue weighted by Crippen LogP contribution is -2.01. The van der Waals surface area contributed by atoms with Crippen LogP contribution in [-0.2, 0) is 6.54 Å². The highest BCUT2D eigenvalue weighted by Crippen LogP contribution is 2.27. The Kier molecular flexibility index (Phi) is 4.30. The molecule has 0 aliphatic carbocycles. The molecule has 2 rings (SSSR count). The minimum Gasteiger partial charge on any atom is -0.302 e. The summed E-state index contributed by atoms with van der Waals surface area (Å²) in [6.45, 7) is 7.25. The Hall–Kier alpha value is -1.00. The lowest BCUT2D eigenvalue weighted by molar-refractivity contribution is 0.686. The fourth-order valence-corrected chi connectivity index (χ4v) is 2.76. The van der Waals surface area contributed by atoms with Crippen molar-refractivity contribution < 1.29 is 0 Å². The first-order valence-corrected chi connectivity index (χ1v) is 7.23. The van der Waals surface area contributed by atoms with Gasteiger partial charge >= 0.3 is 0 Å². The van der Waals surface area contributed by atoms with Crippen LogP contribution in [0.1, 0.15) is 20.8 Å². The first-order valence-electron chi connectivity index (χ1n) is 5.97. The fourth-order valence-electron chi connectivity index (χ4n) is 1.71. The molecule has 0 atom stereocenters. The molecule has 0 aliphatic rings. The van der Waals surface area contributed by atoms with E-state index in [9.17, 15) is 0 Å². The molecule has 0 N–H and O–H groups in total. The van der Waals surface area contributed by atoms with Gasteiger partial charge in [0.15, 0.2) is 11.0 Å². The average Bonchev–Trinajstić information content (AvgIpc) is 2.71. The van der Waals surface area contributed by atoms with E-state index in [-0.39, 0.29) is 0 Å². The second-order valence-electron chi connectivity index (χ2n) is 4.23. The van der Waals surface area contributed by atoms with E-state index in [4.69, 9.17) is 11.6 Å². The first-order chi connectivity index (χ1) is 8.61. The van der Waals surface area contributed by atoms with Crippen molar-refractivity contribution in [3.8, 4) is 11.4 Å². The van der Waals surface area contributed by atoms with Gasteiger partial charge in [-0.3, -0.25) is 0 Å². The molecule has 3 nitrogen and oxygen atoms in total. The van der Waals surface area contributed by atoms with Gasteiger partial charge in [-0.1, -0.05) is 49.3 Å². The Bertz CT molecular complexity index is 537. The molecule has 1 heterocycles. The molecule has 0 fully saturated rings. The zero-order chi connectivity index (χ0) is 13.1. The minimum atomic E-state index is 0.492. The SMILES string of the molecule is CCn1c(SC(C)C)nnc1-c1cccc(Cl)c1. The summed E-state index contributed by atoms with van der Waals surface area (Å²) in [6, 6.07) is 7.72. The van der Waals surface area contributed by atoms with Gasteiger partial charge in [0.1, 0.15) is 0 Å². The van der Waals surface area contributed by atoms with Gasteiger partial charge in [0.05, 0.1) is 0 Å². The summed E-state index contributed by atoms with van der Waals surface area (Å²) in [7, 11) is 0. The van der Waals surface area contributed by atoms with Crippen molar-refractivity contribution in [1.82, 2.24) is 14.8 Å². The molecule has 0 aliphatic heterocycles. The number of rotatable bonds is 4. The lowest BCUT2D eigenvalue weighted by Gasteiger charge is -2.08. The summed E-state index contributed by atoms with van der Waals surface area (Å²) in [4.78, 5) is 0. The second-order valence-corrected chi connectivity index (χ2v) is 6.21. The highest BCUT2D eigenvalue weighted by molar-refractivity contribution is 7.99. The van der Waals surface area contributed by atoms with Crippen molar-refractivity contribution in [3.05, 3.63) is 29.3 Å². The number of halogens is 1. The summed E-state index contributed by atoms with van der Waals surface area (Å²) < 4.78 is 2.12. The Labute approximate surface area is 117 Å². The van der Waals surface area contributed by atoms with Crippen LogP contribution in [0.3, 0.4) is 0 Å². The standard InChI is InChI=1S/C13H16ClN3S/c1-4-17-12(10-6-5-7-11(14)8-10)15-16-13(17)18-9(2)3/h5-9H,4H2,1-3H3. The predicted octanol–water partition coefficient (Wildman–Crippen LogP) is 4.12. The largest absolute Gasteiger partial charge is 0.302 e. The van der Waals surface area contributed by atoms with Crippen LogP contribution in [-0.4, -0.2) is 20.0 Å². The van der Waals surface area contributed by atoms with Gasteiger partial charge in [0, 0.05) is 22.4 Å². The molecule has 0 unspecified atom stereocenters. The Morgan fingerprint density at radius 3 is 2.72 bits per heavy atom. The molecule has 2 aromatic rings. The van der Waals surface area contributed by atoms with Crippen LogP contribution >= 0.6 is 23.4 Å². The molecule has 0 spiro atoms. The number of hydrogen-bond acceptors (Lipinski definition) is 3. The van der Waals surface area contributed by atoms with E-state index in [1.165, 1.54) is 0 Å². The number of hydrogen-bond donors (Lipinski definition) is 0. The summed E-state index contributed by atoms with van der Waals surface area (Å²) in [5, 5.41) is 10.7. The minimum absolute atomic E-state index is 0.492. The highest BCUT2D eigenvalue weighted by Gasteiger charge is 2.14. The number of nitrogens with zero attached hydrogens (tertiary/aromatic N) is 3. The smallest absolute Gasteiger partial charge is 0.191 e. The van der Waals surface area contributed by atoms with Gasteiger partial charge in [-0.25, -0.2) is 0 Å². The van der Waals surface area contributed by atoms with E-state index in [1.807, 2.05) is 24.3 Å². The van der Waals surface area contributed by atoms with Crippen LogP contribution in [0.4, 0.5) is 0 Å². The molecule has 0 saturated heterocycles. The second kappa shape index (κ2) is 5.76. The molecule has 0 saturated carbocycles. The summed E-state index contributed by atoms with van der Waals surface area (Å²) in [5.74, 6) is 0.878. The van der Waals surface area contributed by atoms with E-state index in [0.717, 1.165) is 28.1 Å². The summed E-state index contributed by atoms with van der Waals surface area (Å²) in [6.07, 6.45) is 0. The normalized spacial score (nSPS) is 11.2. The first kappa shape index (κ1) is 13.4. The molecule has 18 heavy (non-hydrogen) atoms. The zero-order valence-electron chi connectivity index (χ0n) is 10.7.